The quantitative estimate of drug-likeness (QED) is 0.163. The van der Waals surface area contributed by atoms with Crippen molar-refractivity contribution >= 4 is 49.1 Å². The number of rotatable bonds is 5. The van der Waals surface area contributed by atoms with E-state index in [1.54, 1.807) is 0 Å². The molecule has 61 heavy (non-hydrogen) atoms. The fraction of sp³-hybridized carbons (Fsp3) is 0.0175. The SMILES string of the molecule is c1ccc(C2(c3ccccc3)c3ccccc3-c3ccc(-c4ccc5c(c4)c4ccccc4c4nnc(-c6ccc(-n7c8ccccc8c8ccccc87)cc6)n54)cc32)cc1. The first kappa shape index (κ1) is 33.8. The molecule has 3 heterocycles. The van der Waals surface area contributed by atoms with E-state index in [1.165, 1.54) is 60.8 Å². The minimum absolute atomic E-state index is 0.464. The van der Waals surface area contributed by atoms with E-state index >= 15 is 0 Å². The second-order valence-electron chi connectivity index (χ2n) is 16.2. The van der Waals surface area contributed by atoms with Crippen molar-refractivity contribution in [3.63, 3.8) is 0 Å². The van der Waals surface area contributed by atoms with Crippen LogP contribution in [0.15, 0.2) is 218 Å². The van der Waals surface area contributed by atoms with Gasteiger partial charge >= 0.3 is 0 Å². The van der Waals surface area contributed by atoms with E-state index in [9.17, 15) is 0 Å². The zero-order valence-electron chi connectivity index (χ0n) is 33.1. The molecule has 0 bridgehead atoms. The smallest absolute Gasteiger partial charge is 0.169 e. The highest BCUT2D eigenvalue weighted by atomic mass is 15.2. The highest BCUT2D eigenvalue weighted by molar-refractivity contribution is 6.13. The van der Waals surface area contributed by atoms with Gasteiger partial charge < -0.3 is 4.57 Å². The number of benzene rings is 9. The molecular weight excluding hydrogens is 741 g/mol. The van der Waals surface area contributed by atoms with Crippen LogP contribution in [0.25, 0.3) is 88.5 Å². The van der Waals surface area contributed by atoms with Gasteiger partial charge in [-0.25, -0.2) is 0 Å². The molecule has 1 aliphatic carbocycles. The van der Waals surface area contributed by atoms with Gasteiger partial charge in [0.05, 0.1) is 22.0 Å². The van der Waals surface area contributed by atoms with Crippen LogP contribution in [0.1, 0.15) is 22.3 Å². The molecule has 0 saturated heterocycles. The van der Waals surface area contributed by atoms with Gasteiger partial charge in [0.25, 0.3) is 0 Å². The zero-order valence-corrected chi connectivity index (χ0v) is 33.1. The van der Waals surface area contributed by atoms with E-state index in [-0.39, 0.29) is 0 Å². The summed E-state index contributed by atoms with van der Waals surface area (Å²) in [4.78, 5) is 0. The standard InChI is InChI=1S/C57H36N4/c1-3-15-40(16-4-1)57(41-17-5-2-6-18-41)50-24-12-9-20-44(50)45-33-29-39(36-51(45)57)38-30-34-54-49(35-38)43-19-7-8-23-48(43)56-59-58-55(61(54)56)37-27-31-42(32-28-37)60-52-25-13-10-21-46(52)47-22-11-14-26-53(47)60/h1-36H. The maximum absolute atomic E-state index is 4.88. The largest absolute Gasteiger partial charge is 0.309 e. The highest BCUT2D eigenvalue weighted by Crippen LogP contribution is 2.56. The van der Waals surface area contributed by atoms with Gasteiger partial charge in [-0.05, 0) is 104 Å². The molecule has 0 N–H and O–H groups in total. The number of hydrogen-bond donors (Lipinski definition) is 0. The van der Waals surface area contributed by atoms with Crippen molar-refractivity contribution in [1.82, 2.24) is 19.2 Å². The molecule has 0 radical (unpaired) electrons. The first-order chi connectivity index (χ1) is 30.3. The third-order valence-corrected chi connectivity index (χ3v) is 13.1. The van der Waals surface area contributed by atoms with Crippen LogP contribution in [0.3, 0.4) is 0 Å². The van der Waals surface area contributed by atoms with Crippen LogP contribution in [0, 0.1) is 0 Å². The number of hydrogen-bond acceptors (Lipinski definition) is 2. The lowest BCUT2D eigenvalue weighted by molar-refractivity contribution is 0.769. The summed E-state index contributed by atoms with van der Waals surface area (Å²) in [7, 11) is 0. The van der Waals surface area contributed by atoms with E-state index in [2.05, 4.69) is 227 Å². The third kappa shape index (κ3) is 4.76. The summed E-state index contributed by atoms with van der Waals surface area (Å²) >= 11 is 0. The van der Waals surface area contributed by atoms with Gasteiger partial charge in [-0.15, -0.1) is 10.2 Å². The minimum atomic E-state index is -0.464. The molecule has 0 unspecified atom stereocenters. The van der Waals surface area contributed by atoms with Crippen molar-refractivity contribution < 1.29 is 0 Å². The number of pyridine rings is 1. The summed E-state index contributed by atoms with van der Waals surface area (Å²) in [5, 5.41) is 15.6. The highest BCUT2D eigenvalue weighted by Gasteiger charge is 2.46. The van der Waals surface area contributed by atoms with Crippen molar-refractivity contribution in [1.29, 1.82) is 0 Å². The Kier molecular flexibility index (Phi) is 7.19. The Hall–Kier alpha value is -8.08. The predicted molar refractivity (Wildman–Crippen MR) is 251 cm³/mol. The molecule has 0 aliphatic heterocycles. The molecule has 284 valence electrons. The molecule has 0 atom stereocenters. The second kappa shape index (κ2) is 13.0. The number of fused-ring (bicyclic) bond motifs is 12. The van der Waals surface area contributed by atoms with Crippen molar-refractivity contribution in [2.75, 3.05) is 0 Å². The lowest BCUT2D eigenvalue weighted by Gasteiger charge is -2.34. The summed E-state index contributed by atoms with van der Waals surface area (Å²) in [5.74, 6) is 0.818. The van der Waals surface area contributed by atoms with Gasteiger partial charge in [0.2, 0.25) is 0 Å². The normalized spacial score (nSPS) is 13.0. The lowest BCUT2D eigenvalue weighted by atomic mass is 9.67. The maximum atomic E-state index is 4.88. The summed E-state index contributed by atoms with van der Waals surface area (Å²) in [6.07, 6.45) is 0. The fourth-order valence-corrected chi connectivity index (χ4v) is 10.5. The van der Waals surface area contributed by atoms with Crippen molar-refractivity contribution in [2.45, 2.75) is 5.41 Å². The van der Waals surface area contributed by atoms with E-state index in [0.717, 1.165) is 50.0 Å². The predicted octanol–water partition coefficient (Wildman–Crippen LogP) is 13.8. The Bertz CT molecular complexity index is 3600. The van der Waals surface area contributed by atoms with Gasteiger partial charge in [0.15, 0.2) is 11.5 Å². The van der Waals surface area contributed by atoms with E-state index in [0.29, 0.717) is 0 Å². The Morgan fingerprint density at radius 3 is 1.59 bits per heavy atom. The lowest BCUT2D eigenvalue weighted by Crippen LogP contribution is -2.28. The Morgan fingerprint density at radius 1 is 0.344 bits per heavy atom. The maximum Gasteiger partial charge on any atom is 0.169 e. The second-order valence-corrected chi connectivity index (χ2v) is 16.2. The summed E-state index contributed by atoms with van der Waals surface area (Å²) in [6.45, 7) is 0. The summed E-state index contributed by atoms with van der Waals surface area (Å²) in [5.41, 5.74) is 16.0. The van der Waals surface area contributed by atoms with Crippen LogP contribution < -0.4 is 0 Å². The molecule has 3 aromatic heterocycles. The van der Waals surface area contributed by atoms with E-state index in [4.69, 9.17) is 10.2 Å². The van der Waals surface area contributed by atoms with Gasteiger partial charge in [0.1, 0.15) is 0 Å². The molecule has 9 aromatic carbocycles. The first-order valence-electron chi connectivity index (χ1n) is 20.9. The van der Waals surface area contributed by atoms with Crippen LogP contribution in [0.4, 0.5) is 0 Å². The molecule has 0 fully saturated rings. The minimum Gasteiger partial charge on any atom is -0.309 e. The zero-order chi connectivity index (χ0) is 40.1. The topological polar surface area (TPSA) is 35.1 Å². The van der Waals surface area contributed by atoms with Crippen molar-refractivity contribution in [3.05, 3.63) is 241 Å². The molecule has 12 aromatic rings. The molecular formula is C57H36N4. The summed E-state index contributed by atoms with van der Waals surface area (Å²) in [6, 6.07) is 79.6. The van der Waals surface area contributed by atoms with Crippen LogP contribution >= 0.6 is 0 Å². The molecule has 1 aliphatic rings. The Balaban J connectivity index is 0.986. The van der Waals surface area contributed by atoms with Gasteiger partial charge in [-0.3, -0.25) is 4.40 Å². The average molecular weight is 777 g/mol. The third-order valence-electron chi connectivity index (χ3n) is 13.1. The molecule has 0 saturated carbocycles. The van der Waals surface area contributed by atoms with Crippen LogP contribution in [-0.2, 0) is 5.41 Å². The van der Waals surface area contributed by atoms with Crippen LogP contribution in [-0.4, -0.2) is 19.2 Å². The average Bonchev–Trinajstić information content (AvgIpc) is 4.02. The van der Waals surface area contributed by atoms with Crippen molar-refractivity contribution in [3.8, 4) is 39.3 Å². The monoisotopic (exact) mass is 776 g/mol. The number of aromatic nitrogens is 4. The van der Waals surface area contributed by atoms with Crippen LogP contribution in [0.2, 0.25) is 0 Å². The molecule has 4 nitrogen and oxygen atoms in total. The first-order valence-corrected chi connectivity index (χ1v) is 20.9. The molecule has 0 spiro atoms. The Labute approximate surface area is 352 Å². The number of nitrogens with zero attached hydrogens (tertiary/aromatic N) is 4. The van der Waals surface area contributed by atoms with Gasteiger partial charge in [-0.1, -0.05) is 164 Å². The van der Waals surface area contributed by atoms with Crippen LogP contribution in [0.5, 0.6) is 0 Å². The molecule has 13 rings (SSSR count). The van der Waals surface area contributed by atoms with E-state index in [1.807, 2.05) is 0 Å². The van der Waals surface area contributed by atoms with Crippen molar-refractivity contribution in [2.24, 2.45) is 0 Å². The van der Waals surface area contributed by atoms with E-state index < -0.39 is 5.41 Å². The Morgan fingerprint density at radius 2 is 0.885 bits per heavy atom. The molecule has 0 amide bonds. The van der Waals surface area contributed by atoms with Gasteiger partial charge in [0, 0.05) is 32.8 Å². The fourth-order valence-electron chi connectivity index (χ4n) is 10.5. The van der Waals surface area contributed by atoms with Gasteiger partial charge in [-0.2, -0.15) is 0 Å². The number of para-hydroxylation sites is 2. The summed E-state index contributed by atoms with van der Waals surface area (Å²) < 4.78 is 4.59. The molecule has 4 heteroatoms.